The van der Waals surface area contributed by atoms with E-state index < -0.39 is 166 Å². The summed E-state index contributed by atoms with van der Waals surface area (Å²) in [6.07, 6.45) is 0. The van der Waals surface area contributed by atoms with Crippen LogP contribution in [0.15, 0.2) is 72.8 Å². The van der Waals surface area contributed by atoms with Crippen molar-refractivity contribution in [3.8, 4) is 44.8 Å². The fraction of sp³-hybridized carbons (Fsp3) is 0.0204. The molecule has 0 spiro atoms. The van der Waals surface area contributed by atoms with E-state index in [9.17, 15) is 48.3 Å². The highest BCUT2D eigenvalue weighted by Gasteiger charge is 2.33. The van der Waals surface area contributed by atoms with Crippen molar-refractivity contribution in [2.24, 2.45) is 0 Å². The van der Waals surface area contributed by atoms with Gasteiger partial charge >= 0.3 is 0 Å². The molecule has 2 heterocycles. The predicted molar refractivity (Wildman–Crippen MR) is 215 cm³/mol. The molecule has 0 atom stereocenters. The smallest absolute Gasteiger partial charge is 0.200 e. The molecule has 2 nitrogen and oxygen atoms in total. The first-order chi connectivity index (χ1) is 33.1. The SMILES string of the molecule is Cc1c(F)c(F)c(-c2ccc3c(c2)c2cc(-c4ccc5c(c4)c4cc(-c6c(F)c(F)c(F)c(F)c6F)ccc4n5-c4c(F)c(F)c(F)c(F)c4F)ccc2n3-c2c(F)c(F)c(F)c(F)c2F)c(F)c1F. The van der Waals surface area contributed by atoms with Gasteiger partial charge in [-0.15, -0.1) is 0 Å². The van der Waals surface area contributed by atoms with Gasteiger partial charge in [-0.2, -0.15) is 0 Å². The quantitative estimate of drug-likeness (QED) is 0.0924. The van der Waals surface area contributed by atoms with Gasteiger partial charge in [-0.3, -0.25) is 0 Å². The highest BCUT2D eigenvalue weighted by molar-refractivity contribution is 6.14. The van der Waals surface area contributed by atoms with E-state index in [1.165, 1.54) is 6.07 Å². The summed E-state index contributed by atoms with van der Waals surface area (Å²) in [5.74, 6) is -43.3. The number of hydrogen-bond donors (Lipinski definition) is 0. The third-order valence-corrected chi connectivity index (χ3v) is 12.0. The van der Waals surface area contributed by atoms with Crippen LogP contribution in [0.5, 0.6) is 0 Å². The first kappa shape index (κ1) is 45.8. The van der Waals surface area contributed by atoms with E-state index in [4.69, 9.17) is 0 Å². The molecule has 10 aromatic rings. The third kappa shape index (κ3) is 6.18. The van der Waals surface area contributed by atoms with Crippen LogP contribution in [-0.4, -0.2) is 9.13 Å². The van der Waals surface area contributed by atoms with Crippen molar-refractivity contribution in [2.45, 2.75) is 6.92 Å². The molecule has 354 valence electrons. The van der Waals surface area contributed by atoms with E-state index in [1.54, 1.807) is 0 Å². The second-order valence-corrected chi connectivity index (χ2v) is 15.6. The van der Waals surface area contributed by atoms with Crippen LogP contribution in [0.2, 0.25) is 0 Å². The van der Waals surface area contributed by atoms with Crippen LogP contribution in [-0.2, 0) is 0 Å². The van der Waals surface area contributed by atoms with E-state index in [0.717, 1.165) is 73.7 Å². The number of hydrogen-bond acceptors (Lipinski definition) is 0. The Kier molecular flexibility index (Phi) is 10.3. The lowest BCUT2D eigenvalue weighted by Gasteiger charge is -2.13. The summed E-state index contributed by atoms with van der Waals surface area (Å²) < 4.78 is 284. The summed E-state index contributed by atoms with van der Waals surface area (Å²) >= 11 is 0. The van der Waals surface area contributed by atoms with Gasteiger partial charge in [0.1, 0.15) is 11.4 Å². The van der Waals surface area contributed by atoms with Gasteiger partial charge in [0, 0.05) is 27.1 Å². The first-order valence-corrected chi connectivity index (χ1v) is 19.6. The number of halogens is 19. The minimum Gasteiger partial charge on any atom is -0.304 e. The summed E-state index contributed by atoms with van der Waals surface area (Å²) in [5.41, 5.74) is -9.99. The summed E-state index contributed by atoms with van der Waals surface area (Å²) in [6.45, 7) is 0.739. The third-order valence-electron chi connectivity index (χ3n) is 12.0. The maximum absolute atomic E-state index is 15.6. The average molecular weight is 993 g/mol. The van der Waals surface area contributed by atoms with Crippen LogP contribution >= 0.6 is 0 Å². The van der Waals surface area contributed by atoms with Gasteiger partial charge in [0.2, 0.25) is 17.5 Å². The van der Waals surface area contributed by atoms with Crippen LogP contribution < -0.4 is 0 Å². The van der Waals surface area contributed by atoms with Crippen LogP contribution in [0, 0.1) is 117 Å². The van der Waals surface area contributed by atoms with Crippen LogP contribution in [0.4, 0.5) is 83.4 Å². The fourth-order valence-corrected chi connectivity index (χ4v) is 8.63. The molecular weight excluding hydrogens is 978 g/mol. The summed E-state index contributed by atoms with van der Waals surface area (Å²) in [7, 11) is 0. The topological polar surface area (TPSA) is 9.86 Å². The molecule has 0 saturated carbocycles. The van der Waals surface area contributed by atoms with Gasteiger partial charge in [0.25, 0.3) is 0 Å². The summed E-state index contributed by atoms with van der Waals surface area (Å²) in [5, 5.41) is -1.19. The van der Waals surface area contributed by atoms with Crippen molar-refractivity contribution in [3.05, 3.63) is 189 Å². The van der Waals surface area contributed by atoms with Gasteiger partial charge < -0.3 is 9.13 Å². The first-order valence-electron chi connectivity index (χ1n) is 19.6. The maximum Gasteiger partial charge on any atom is 0.200 e. The molecule has 0 saturated heterocycles. The number of benzene rings is 8. The van der Waals surface area contributed by atoms with Gasteiger partial charge in [-0.05, 0) is 77.7 Å². The van der Waals surface area contributed by atoms with Gasteiger partial charge in [-0.1, -0.05) is 24.3 Å². The molecule has 0 aliphatic heterocycles. The standard InChI is InChI=1S/C49H15F19N2/c1-14-29(50)31(52)27(32(53)30(14)51)17-4-8-25-21(12-17)19-10-15(2-6-23(19)69(25)48-44(65)40(61)38(59)41(62)45(48)66)16-3-7-24-20(11-16)22-13-18(28-33(54)35(56)37(58)36(57)34(28)55)5-9-26(22)70(24)49-46(67)42(63)39(60)43(64)47(49)68/h2-13H,1H3. The molecule has 0 radical (unpaired) electrons. The van der Waals surface area contributed by atoms with E-state index in [2.05, 4.69) is 0 Å². The van der Waals surface area contributed by atoms with Crippen molar-refractivity contribution in [3.63, 3.8) is 0 Å². The van der Waals surface area contributed by atoms with Crippen molar-refractivity contribution < 1.29 is 83.4 Å². The molecular formula is C49H15F19N2. The highest BCUT2D eigenvalue weighted by atomic mass is 19.2. The molecule has 0 fully saturated rings. The molecule has 70 heavy (non-hydrogen) atoms. The largest absolute Gasteiger partial charge is 0.304 e. The van der Waals surface area contributed by atoms with E-state index >= 15 is 35.1 Å². The lowest BCUT2D eigenvalue weighted by Crippen LogP contribution is -2.09. The monoisotopic (exact) mass is 992 g/mol. The molecule has 8 aromatic carbocycles. The molecule has 0 amide bonds. The minimum absolute atomic E-state index is 0.0193. The predicted octanol–water partition coefficient (Wildman–Crippen LogP) is 15.8. The van der Waals surface area contributed by atoms with E-state index in [0.29, 0.717) is 9.13 Å². The lowest BCUT2D eigenvalue weighted by atomic mass is 9.97. The zero-order chi connectivity index (χ0) is 50.4. The van der Waals surface area contributed by atoms with Crippen molar-refractivity contribution in [1.29, 1.82) is 0 Å². The van der Waals surface area contributed by atoms with Gasteiger partial charge in [0.15, 0.2) is 93.1 Å². The van der Waals surface area contributed by atoms with Crippen molar-refractivity contribution in [1.82, 2.24) is 9.13 Å². The Morgan fingerprint density at radius 2 is 0.457 bits per heavy atom. The Morgan fingerprint density at radius 3 is 0.743 bits per heavy atom. The molecule has 10 rings (SSSR count). The Labute approximate surface area is 376 Å². The van der Waals surface area contributed by atoms with Crippen LogP contribution in [0.3, 0.4) is 0 Å². The van der Waals surface area contributed by atoms with E-state index in [1.807, 2.05) is 0 Å². The second-order valence-electron chi connectivity index (χ2n) is 15.6. The Hall–Kier alpha value is -7.97. The Bertz CT molecular complexity index is 3650. The molecule has 0 N–H and O–H groups in total. The molecule has 0 aliphatic carbocycles. The fourth-order valence-electron chi connectivity index (χ4n) is 8.63. The van der Waals surface area contributed by atoms with Gasteiger partial charge in [0.05, 0.1) is 33.2 Å². The lowest BCUT2D eigenvalue weighted by molar-refractivity contribution is 0.376. The minimum atomic E-state index is -2.55. The number of fused-ring (bicyclic) bond motifs is 6. The second kappa shape index (κ2) is 15.8. The molecule has 0 unspecified atom stereocenters. The number of rotatable bonds is 5. The average Bonchev–Trinajstić information content (AvgIpc) is 3.85. The van der Waals surface area contributed by atoms with Crippen LogP contribution in [0.25, 0.3) is 88.4 Å². The Balaban J connectivity index is 1.28. The maximum atomic E-state index is 15.6. The molecule has 2 aromatic heterocycles. The highest BCUT2D eigenvalue weighted by Crippen LogP contribution is 2.44. The molecule has 0 aliphatic rings. The summed E-state index contributed by atoms with van der Waals surface area (Å²) in [6, 6.07) is 11.6. The number of nitrogens with zero attached hydrogens (tertiary/aromatic N) is 2. The number of aromatic nitrogens is 2. The van der Waals surface area contributed by atoms with Crippen molar-refractivity contribution >= 4 is 43.6 Å². The molecule has 0 bridgehead atoms. The van der Waals surface area contributed by atoms with Gasteiger partial charge in [-0.25, -0.2) is 83.4 Å². The zero-order valence-electron chi connectivity index (χ0n) is 34.0. The van der Waals surface area contributed by atoms with Crippen LogP contribution in [0.1, 0.15) is 5.56 Å². The zero-order valence-corrected chi connectivity index (χ0v) is 34.0. The normalized spacial score (nSPS) is 12.0. The summed E-state index contributed by atoms with van der Waals surface area (Å²) in [4.78, 5) is 0. The Morgan fingerprint density at radius 1 is 0.243 bits per heavy atom. The van der Waals surface area contributed by atoms with Crippen molar-refractivity contribution in [2.75, 3.05) is 0 Å². The van der Waals surface area contributed by atoms with E-state index in [-0.39, 0.29) is 38.2 Å². The molecule has 21 heteroatoms.